The zero-order chi connectivity index (χ0) is 16.2. The molecule has 1 aromatic carbocycles. The van der Waals surface area contributed by atoms with E-state index in [2.05, 4.69) is 10.1 Å². The molecule has 0 fully saturated rings. The third-order valence-corrected chi connectivity index (χ3v) is 4.68. The molecular formula is C12H15ClN2O5S. The van der Waals surface area contributed by atoms with Gasteiger partial charge in [-0.3, -0.25) is 9.59 Å². The first-order valence-corrected chi connectivity index (χ1v) is 7.61. The molecule has 7 nitrogen and oxygen atoms in total. The molecule has 0 radical (unpaired) electrons. The van der Waals surface area contributed by atoms with Crippen LogP contribution in [0.5, 0.6) is 0 Å². The first kappa shape index (κ1) is 17.4. The number of amides is 1. The quantitative estimate of drug-likeness (QED) is 0.814. The van der Waals surface area contributed by atoms with Gasteiger partial charge in [0.25, 0.3) is 5.91 Å². The summed E-state index contributed by atoms with van der Waals surface area (Å²) in [4.78, 5) is 22.0. The van der Waals surface area contributed by atoms with Crippen molar-refractivity contribution in [2.75, 3.05) is 26.0 Å². The molecule has 0 saturated heterocycles. The maximum Gasteiger partial charge on any atom is 0.303 e. The van der Waals surface area contributed by atoms with Crippen molar-refractivity contribution in [1.82, 2.24) is 4.31 Å². The maximum absolute atomic E-state index is 12.1. The molecule has 0 saturated carbocycles. The summed E-state index contributed by atoms with van der Waals surface area (Å²) in [5.74, 6) is -1.17. The van der Waals surface area contributed by atoms with Gasteiger partial charge in [0.1, 0.15) is 4.90 Å². The Balaban J connectivity index is 2.98. The number of anilines is 1. The summed E-state index contributed by atoms with van der Waals surface area (Å²) in [6, 6.07) is 4.05. The third-order valence-electron chi connectivity index (χ3n) is 2.38. The second-order valence-corrected chi connectivity index (χ2v) is 6.79. The summed E-state index contributed by atoms with van der Waals surface area (Å²) >= 11 is 5.88. The number of nitrogens with one attached hydrogen (secondary N) is 1. The van der Waals surface area contributed by atoms with E-state index < -0.39 is 28.5 Å². The normalized spacial score (nSPS) is 11.3. The van der Waals surface area contributed by atoms with Crippen LogP contribution in [-0.4, -0.2) is 45.3 Å². The number of sulfonamides is 1. The topological polar surface area (TPSA) is 92.8 Å². The van der Waals surface area contributed by atoms with Crippen LogP contribution in [0.2, 0.25) is 5.02 Å². The molecule has 0 aliphatic heterocycles. The lowest BCUT2D eigenvalue weighted by molar-refractivity contribution is -0.144. The number of nitrogens with zero attached hydrogens (tertiary/aromatic N) is 1. The van der Waals surface area contributed by atoms with Crippen molar-refractivity contribution in [2.45, 2.75) is 11.8 Å². The molecule has 116 valence electrons. The number of hydrogen-bond acceptors (Lipinski definition) is 5. The minimum atomic E-state index is -3.73. The molecule has 1 rings (SSSR count). The highest BCUT2D eigenvalue weighted by molar-refractivity contribution is 7.89. The lowest BCUT2D eigenvalue weighted by Gasteiger charge is -2.14. The van der Waals surface area contributed by atoms with E-state index in [1.54, 1.807) is 0 Å². The second-order valence-electron chi connectivity index (χ2n) is 4.26. The average molecular weight is 335 g/mol. The third kappa shape index (κ3) is 4.69. The SMILES string of the molecule is CC(=O)OCC(=O)Nc1ccc(Cl)c(S(=O)(=O)N(C)C)c1. The molecule has 0 unspecified atom stereocenters. The van der Waals surface area contributed by atoms with E-state index in [-0.39, 0.29) is 15.6 Å². The molecule has 0 atom stereocenters. The molecular weight excluding hydrogens is 320 g/mol. The van der Waals surface area contributed by atoms with Crippen molar-refractivity contribution in [1.29, 1.82) is 0 Å². The van der Waals surface area contributed by atoms with Crippen LogP contribution in [0.3, 0.4) is 0 Å². The van der Waals surface area contributed by atoms with Gasteiger partial charge in [-0.1, -0.05) is 11.6 Å². The minimum absolute atomic E-state index is 0.0432. The van der Waals surface area contributed by atoms with Gasteiger partial charge in [-0.25, -0.2) is 12.7 Å². The fourth-order valence-corrected chi connectivity index (χ4v) is 2.73. The van der Waals surface area contributed by atoms with Crippen molar-refractivity contribution >= 4 is 39.2 Å². The maximum atomic E-state index is 12.1. The van der Waals surface area contributed by atoms with Gasteiger partial charge in [0.05, 0.1) is 5.02 Å². The average Bonchev–Trinajstić information content (AvgIpc) is 2.38. The molecule has 21 heavy (non-hydrogen) atoms. The Morgan fingerprint density at radius 3 is 2.48 bits per heavy atom. The van der Waals surface area contributed by atoms with Crippen LogP contribution in [0.1, 0.15) is 6.92 Å². The van der Waals surface area contributed by atoms with Crippen LogP contribution >= 0.6 is 11.6 Å². The van der Waals surface area contributed by atoms with E-state index in [9.17, 15) is 18.0 Å². The largest absolute Gasteiger partial charge is 0.456 e. The summed E-state index contributed by atoms with van der Waals surface area (Å²) in [7, 11) is -0.982. The molecule has 1 amide bonds. The van der Waals surface area contributed by atoms with Crippen LogP contribution in [0.4, 0.5) is 5.69 Å². The number of ether oxygens (including phenoxy) is 1. The molecule has 0 heterocycles. The monoisotopic (exact) mass is 334 g/mol. The van der Waals surface area contributed by atoms with Gasteiger partial charge in [0.15, 0.2) is 6.61 Å². The highest BCUT2D eigenvalue weighted by atomic mass is 35.5. The first-order valence-electron chi connectivity index (χ1n) is 5.80. The van der Waals surface area contributed by atoms with E-state index >= 15 is 0 Å². The van der Waals surface area contributed by atoms with Crippen molar-refractivity contribution in [3.8, 4) is 0 Å². The molecule has 1 N–H and O–H groups in total. The molecule has 0 aliphatic rings. The van der Waals surface area contributed by atoms with Gasteiger partial charge in [0.2, 0.25) is 10.0 Å². The van der Waals surface area contributed by atoms with Gasteiger partial charge in [-0.05, 0) is 18.2 Å². The summed E-state index contributed by atoms with van der Waals surface area (Å²) < 4.78 is 29.7. The Labute approximate surface area is 127 Å². The Kier molecular flexibility index (Phi) is 5.70. The number of hydrogen-bond donors (Lipinski definition) is 1. The van der Waals surface area contributed by atoms with E-state index in [1.807, 2.05) is 0 Å². The lowest BCUT2D eigenvalue weighted by Crippen LogP contribution is -2.23. The van der Waals surface area contributed by atoms with Gasteiger partial charge in [-0.2, -0.15) is 0 Å². The molecule has 0 aliphatic carbocycles. The van der Waals surface area contributed by atoms with Crippen LogP contribution < -0.4 is 5.32 Å². The van der Waals surface area contributed by atoms with E-state index in [1.165, 1.54) is 39.2 Å². The fraction of sp³-hybridized carbons (Fsp3) is 0.333. The number of benzene rings is 1. The Morgan fingerprint density at radius 1 is 1.33 bits per heavy atom. The number of halogens is 1. The number of carbonyl (C=O) groups excluding carboxylic acids is 2. The molecule has 0 bridgehead atoms. The van der Waals surface area contributed by atoms with Crippen LogP contribution in [0.15, 0.2) is 23.1 Å². The fourth-order valence-electron chi connectivity index (χ4n) is 1.34. The standard InChI is InChI=1S/C12H15ClN2O5S/c1-8(16)20-7-12(17)14-9-4-5-10(13)11(6-9)21(18,19)15(2)3/h4-6H,7H2,1-3H3,(H,14,17). The zero-order valence-electron chi connectivity index (χ0n) is 11.7. The van der Waals surface area contributed by atoms with Crippen molar-refractivity contribution in [3.05, 3.63) is 23.2 Å². The summed E-state index contributed by atoms with van der Waals surface area (Å²) in [6.45, 7) is 0.727. The number of esters is 1. The molecule has 0 spiro atoms. The molecule has 0 aromatic heterocycles. The van der Waals surface area contributed by atoms with E-state index in [0.717, 1.165) is 4.31 Å². The zero-order valence-corrected chi connectivity index (χ0v) is 13.3. The summed E-state index contributed by atoms with van der Waals surface area (Å²) in [5, 5.41) is 2.46. The summed E-state index contributed by atoms with van der Waals surface area (Å²) in [6.07, 6.45) is 0. The van der Waals surface area contributed by atoms with Crippen molar-refractivity contribution in [2.24, 2.45) is 0 Å². The smallest absolute Gasteiger partial charge is 0.303 e. The van der Waals surface area contributed by atoms with Gasteiger partial charge < -0.3 is 10.1 Å². The highest BCUT2D eigenvalue weighted by Gasteiger charge is 2.21. The Morgan fingerprint density at radius 2 is 1.95 bits per heavy atom. The Hall–Kier alpha value is -1.64. The van der Waals surface area contributed by atoms with Gasteiger partial charge in [0, 0.05) is 26.7 Å². The molecule has 9 heteroatoms. The number of carbonyl (C=O) groups is 2. The van der Waals surface area contributed by atoms with Gasteiger partial charge >= 0.3 is 5.97 Å². The van der Waals surface area contributed by atoms with Crippen LogP contribution in [0.25, 0.3) is 0 Å². The number of rotatable bonds is 5. The van der Waals surface area contributed by atoms with Gasteiger partial charge in [-0.15, -0.1) is 0 Å². The highest BCUT2D eigenvalue weighted by Crippen LogP contribution is 2.26. The van der Waals surface area contributed by atoms with Crippen molar-refractivity contribution < 1.29 is 22.7 Å². The van der Waals surface area contributed by atoms with Crippen LogP contribution in [0, 0.1) is 0 Å². The van der Waals surface area contributed by atoms with E-state index in [4.69, 9.17) is 11.6 Å². The van der Waals surface area contributed by atoms with E-state index in [0.29, 0.717) is 0 Å². The Bertz CT molecular complexity index is 658. The first-order chi connectivity index (χ1) is 9.64. The predicted octanol–water partition coefficient (Wildman–Crippen LogP) is 1.09. The molecule has 1 aromatic rings. The summed E-state index contributed by atoms with van der Waals surface area (Å²) in [5.41, 5.74) is 0.233. The predicted molar refractivity (Wildman–Crippen MR) is 77.6 cm³/mol. The van der Waals surface area contributed by atoms with Crippen molar-refractivity contribution in [3.63, 3.8) is 0 Å². The minimum Gasteiger partial charge on any atom is -0.456 e. The lowest BCUT2D eigenvalue weighted by atomic mass is 10.3. The van der Waals surface area contributed by atoms with Crippen LogP contribution in [-0.2, 0) is 24.3 Å². The second kappa shape index (κ2) is 6.88.